The molecule has 0 unspecified atom stereocenters. The molecule has 1 aromatic carbocycles. The molecule has 7 heteroatoms. The van der Waals surface area contributed by atoms with E-state index in [1.807, 2.05) is 6.92 Å². The Labute approximate surface area is 146 Å². The van der Waals surface area contributed by atoms with Gasteiger partial charge in [-0.2, -0.15) is 0 Å². The van der Waals surface area contributed by atoms with Crippen molar-refractivity contribution in [3.05, 3.63) is 39.9 Å². The summed E-state index contributed by atoms with van der Waals surface area (Å²) < 4.78 is 0. The average molecular weight is 345 g/mol. The van der Waals surface area contributed by atoms with Crippen LogP contribution in [0.25, 0.3) is 0 Å². The third kappa shape index (κ3) is 2.99. The van der Waals surface area contributed by atoms with Gasteiger partial charge in [0.25, 0.3) is 17.5 Å². The van der Waals surface area contributed by atoms with Gasteiger partial charge in [-0.15, -0.1) is 0 Å². The first kappa shape index (κ1) is 17.4. The molecule has 0 atom stereocenters. The molecule has 134 valence electrons. The largest absolute Gasteiger partial charge is 0.272 e. The molecule has 2 fully saturated rings. The van der Waals surface area contributed by atoms with Gasteiger partial charge in [0.05, 0.1) is 11.5 Å². The molecule has 2 amide bonds. The fourth-order valence-corrected chi connectivity index (χ4v) is 3.79. The Balaban J connectivity index is 1.84. The predicted octanol–water partition coefficient (Wildman–Crippen LogP) is 3.04. The maximum Gasteiger partial charge on any atom is 0.269 e. The lowest BCUT2D eigenvalue weighted by atomic mass is 9.85. The number of carbonyl (C=O) groups excluding carboxylic acids is 2. The standard InChI is InChI=1S/C18H23N3O4/c1-2-3-12-19-16(22)18(10-4-5-11-18)17(23)20(19)13-14-6-8-15(9-7-14)21(24)25/h6-9H,2-5,10-13H2,1H3. The molecule has 3 rings (SSSR count). The Morgan fingerprint density at radius 2 is 1.68 bits per heavy atom. The summed E-state index contributed by atoms with van der Waals surface area (Å²) in [7, 11) is 0. The normalized spacial score (nSPS) is 19.2. The van der Waals surface area contributed by atoms with E-state index in [9.17, 15) is 19.7 Å². The van der Waals surface area contributed by atoms with Gasteiger partial charge in [0.15, 0.2) is 0 Å². The Hall–Kier alpha value is -2.44. The van der Waals surface area contributed by atoms with Gasteiger partial charge in [-0.25, -0.2) is 5.01 Å². The van der Waals surface area contributed by atoms with Crippen LogP contribution in [0, 0.1) is 15.5 Å². The summed E-state index contributed by atoms with van der Waals surface area (Å²) >= 11 is 0. The second kappa shape index (κ2) is 6.82. The van der Waals surface area contributed by atoms with Crippen LogP contribution in [0.5, 0.6) is 0 Å². The van der Waals surface area contributed by atoms with Gasteiger partial charge in [0.1, 0.15) is 5.41 Å². The summed E-state index contributed by atoms with van der Waals surface area (Å²) in [6.45, 7) is 2.86. The summed E-state index contributed by atoms with van der Waals surface area (Å²) in [5.41, 5.74) is -0.0694. The smallest absolute Gasteiger partial charge is 0.269 e. The molecule has 1 heterocycles. The number of hydrogen-bond acceptors (Lipinski definition) is 4. The van der Waals surface area contributed by atoms with Gasteiger partial charge in [0, 0.05) is 18.7 Å². The lowest BCUT2D eigenvalue weighted by Gasteiger charge is -2.27. The summed E-state index contributed by atoms with van der Waals surface area (Å²) in [6, 6.07) is 6.15. The van der Waals surface area contributed by atoms with E-state index in [1.165, 1.54) is 12.1 Å². The van der Waals surface area contributed by atoms with Gasteiger partial charge < -0.3 is 0 Å². The van der Waals surface area contributed by atoms with Gasteiger partial charge in [-0.05, 0) is 24.8 Å². The quantitative estimate of drug-likeness (QED) is 0.451. The van der Waals surface area contributed by atoms with E-state index in [0.717, 1.165) is 31.2 Å². The number of non-ortho nitro benzene ring substituents is 1. The molecular weight excluding hydrogens is 322 g/mol. The fourth-order valence-electron chi connectivity index (χ4n) is 3.79. The fraction of sp³-hybridized carbons (Fsp3) is 0.556. The molecule has 1 saturated heterocycles. The Morgan fingerprint density at radius 3 is 2.24 bits per heavy atom. The molecule has 1 spiro atoms. The number of benzene rings is 1. The van der Waals surface area contributed by atoms with Crippen molar-refractivity contribution in [2.45, 2.75) is 52.0 Å². The lowest BCUT2D eigenvalue weighted by Crippen LogP contribution is -2.40. The van der Waals surface area contributed by atoms with Crippen LogP contribution in [0.3, 0.4) is 0 Å². The van der Waals surface area contributed by atoms with E-state index in [-0.39, 0.29) is 24.0 Å². The Bertz CT molecular complexity index is 680. The van der Waals surface area contributed by atoms with Crippen LogP contribution in [0.2, 0.25) is 0 Å². The molecule has 7 nitrogen and oxygen atoms in total. The maximum atomic E-state index is 13.0. The first-order valence-corrected chi connectivity index (χ1v) is 8.87. The molecule has 0 bridgehead atoms. The van der Waals surface area contributed by atoms with Crippen LogP contribution in [0.1, 0.15) is 51.0 Å². The van der Waals surface area contributed by atoms with Crippen molar-refractivity contribution in [1.82, 2.24) is 10.0 Å². The van der Waals surface area contributed by atoms with Crippen LogP contribution >= 0.6 is 0 Å². The lowest BCUT2D eigenvalue weighted by molar-refractivity contribution is -0.384. The first-order chi connectivity index (χ1) is 12.0. The molecule has 2 aliphatic rings. The molecule has 0 radical (unpaired) electrons. The molecule has 25 heavy (non-hydrogen) atoms. The summed E-state index contributed by atoms with van der Waals surface area (Å²) in [4.78, 5) is 36.3. The third-order valence-electron chi connectivity index (χ3n) is 5.24. The van der Waals surface area contributed by atoms with Crippen LogP contribution < -0.4 is 0 Å². The molecule has 1 aliphatic carbocycles. The number of unbranched alkanes of at least 4 members (excludes halogenated alkanes) is 1. The van der Waals surface area contributed by atoms with Gasteiger partial charge in [-0.1, -0.05) is 38.3 Å². The van der Waals surface area contributed by atoms with Crippen molar-refractivity contribution in [1.29, 1.82) is 0 Å². The van der Waals surface area contributed by atoms with Crippen molar-refractivity contribution in [3.8, 4) is 0 Å². The van der Waals surface area contributed by atoms with E-state index in [1.54, 1.807) is 22.2 Å². The van der Waals surface area contributed by atoms with Crippen LogP contribution in [0.4, 0.5) is 5.69 Å². The molecule has 1 aromatic rings. The van der Waals surface area contributed by atoms with E-state index >= 15 is 0 Å². The SMILES string of the molecule is CCCCN1C(=O)C2(CCCC2)C(=O)N1Cc1ccc([N+](=O)[O-])cc1. The van der Waals surface area contributed by atoms with Crippen molar-refractivity contribution >= 4 is 17.5 Å². The number of nitro groups is 1. The maximum absolute atomic E-state index is 13.0. The average Bonchev–Trinajstić information content (AvgIpc) is 3.17. The number of nitro benzene ring substituents is 1. The monoisotopic (exact) mass is 345 g/mol. The van der Waals surface area contributed by atoms with E-state index in [2.05, 4.69) is 0 Å². The number of rotatable bonds is 6. The molecule has 0 aromatic heterocycles. The molecule has 1 aliphatic heterocycles. The van der Waals surface area contributed by atoms with Crippen molar-refractivity contribution in [3.63, 3.8) is 0 Å². The minimum absolute atomic E-state index is 0.0164. The number of hydrazine groups is 1. The van der Waals surface area contributed by atoms with Gasteiger partial charge in [0.2, 0.25) is 0 Å². The predicted molar refractivity (Wildman–Crippen MR) is 91.2 cm³/mol. The topological polar surface area (TPSA) is 83.8 Å². The highest BCUT2D eigenvalue weighted by atomic mass is 16.6. The Kier molecular flexibility index (Phi) is 4.74. The first-order valence-electron chi connectivity index (χ1n) is 8.87. The zero-order valence-electron chi connectivity index (χ0n) is 14.4. The van der Waals surface area contributed by atoms with Crippen LogP contribution in [0.15, 0.2) is 24.3 Å². The minimum Gasteiger partial charge on any atom is -0.272 e. The van der Waals surface area contributed by atoms with Gasteiger partial charge >= 0.3 is 0 Å². The van der Waals surface area contributed by atoms with E-state index in [4.69, 9.17) is 0 Å². The van der Waals surface area contributed by atoms with Gasteiger partial charge in [-0.3, -0.25) is 24.7 Å². The van der Waals surface area contributed by atoms with E-state index in [0.29, 0.717) is 19.4 Å². The second-order valence-corrected chi connectivity index (χ2v) is 6.86. The molecular formula is C18H23N3O4. The van der Waals surface area contributed by atoms with Crippen molar-refractivity contribution < 1.29 is 14.5 Å². The molecule has 0 N–H and O–H groups in total. The van der Waals surface area contributed by atoms with Crippen LogP contribution in [-0.2, 0) is 16.1 Å². The van der Waals surface area contributed by atoms with Crippen molar-refractivity contribution in [2.24, 2.45) is 5.41 Å². The minimum atomic E-state index is -0.867. The zero-order chi connectivity index (χ0) is 18.0. The summed E-state index contributed by atoms with van der Waals surface area (Å²) in [5, 5.41) is 13.9. The number of carbonyl (C=O) groups is 2. The Morgan fingerprint density at radius 1 is 1.08 bits per heavy atom. The zero-order valence-corrected chi connectivity index (χ0v) is 14.4. The highest BCUT2D eigenvalue weighted by molar-refractivity contribution is 6.09. The summed E-state index contributed by atoms with van der Waals surface area (Å²) in [5.74, 6) is -0.171. The second-order valence-electron chi connectivity index (χ2n) is 6.86. The third-order valence-corrected chi connectivity index (χ3v) is 5.24. The molecule has 1 saturated carbocycles. The van der Waals surface area contributed by atoms with Crippen molar-refractivity contribution in [2.75, 3.05) is 6.54 Å². The number of hydrogen-bond donors (Lipinski definition) is 0. The summed E-state index contributed by atoms with van der Waals surface area (Å²) in [6.07, 6.45) is 4.85. The number of nitrogens with zero attached hydrogens (tertiary/aromatic N) is 3. The highest BCUT2D eigenvalue weighted by Crippen LogP contribution is 2.46. The van der Waals surface area contributed by atoms with Crippen LogP contribution in [-0.4, -0.2) is 33.3 Å². The van der Waals surface area contributed by atoms with E-state index < -0.39 is 10.3 Å². The number of amides is 2. The highest BCUT2D eigenvalue weighted by Gasteiger charge is 2.58.